The lowest BCUT2D eigenvalue weighted by Gasteiger charge is -2.27. The van der Waals surface area contributed by atoms with E-state index in [0.29, 0.717) is 16.1 Å². The summed E-state index contributed by atoms with van der Waals surface area (Å²) in [5.74, 6) is 0.600. The van der Waals surface area contributed by atoms with Crippen LogP contribution in [0.2, 0.25) is 0 Å². The molecule has 1 amide bonds. The molecule has 4 nitrogen and oxygen atoms in total. The number of nitrogens with zero attached hydrogens (tertiary/aromatic N) is 2. The summed E-state index contributed by atoms with van der Waals surface area (Å²) in [6.07, 6.45) is 3.72. The second-order valence-corrected chi connectivity index (χ2v) is 5.42. The van der Waals surface area contributed by atoms with Crippen molar-refractivity contribution in [3.05, 3.63) is 28.5 Å². The van der Waals surface area contributed by atoms with Gasteiger partial charge in [-0.15, -0.1) is 0 Å². The summed E-state index contributed by atoms with van der Waals surface area (Å²) in [5.41, 5.74) is 0.673. The molecule has 0 saturated carbocycles. The van der Waals surface area contributed by atoms with Crippen LogP contribution in [0.25, 0.3) is 0 Å². The number of carbonyl (C=O) groups is 1. The molecular formula is C13H17BrN2O2. The second kappa shape index (κ2) is 6.29. The predicted molar refractivity (Wildman–Crippen MR) is 72.4 cm³/mol. The Kier molecular flexibility index (Phi) is 4.72. The van der Waals surface area contributed by atoms with E-state index in [1.54, 1.807) is 23.2 Å². The van der Waals surface area contributed by atoms with Gasteiger partial charge in [-0.2, -0.15) is 0 Å². The summed E-state index contributed by atoms with van der Waals surface area (Å²) in [4.78, 5) is 18.0. The summed E-state index contributed by atoms with van der Waals surface area (Å²) in [6, 6.07) is 3.50. The molecule has 1 aromatic heterocycles. The minimum Gasteiger partial charge on any atom is -0.381 e. The van der Waals surface area contributed by atoms with Gasteiger partial charge in [0.2, 0.25) is 0 Å². The quantitative estimate of drug-likeness (QED) is 0.805. The normalized spacial score (nSPS) is 16.6. The van der Waals surface area contributed by atoms with E-state index in [0.717, 1.165) is 32.6 Å². The van der Waals surface area contributed by atoms with Crippen molar-refractivity contribution in [3.8, 4) is 0 Å². The third kappa shape index (κ3) is 3.53. The monoisotopic (exact) mass is 312 g/mol. The number of aromatic nitrogens is 1. The number of pyridine rings is 1. The molecule has 0 radical (unpaired) electrons. The Bertz CT molecular complexity index is 419. The van der Waals surface area contributed by atoms with Gasteiger partial charge in [0.05, 0.1) is 0 Å². The Labute approximate surface area is 115 Å². The molecule has 18 heavy (non-hydrogen) atoms. The summed E-state index contributed by atoms with van der Waals surface area (Å²) in [7, 11) is 1.85. The second-order valence-electron chi connectivity index (χ2n) is 4.61. The van der Waals surface area contributed by atoms with Crippen molar-refractivity contribution in [1.82, 2.24) is 9.88 Å². The maximum atomic E-state index is 12.2. The molecule has 5 heteroatoms. The summed E-state index contributed by atoms with van der Waals surface area (Å²) >= 11 is 3.28. The van der Waals surface area contributed by atoms with E-state index in [4.69, 9.17) is 4.74 Å². The van der Waals surface area contributed by atoms with E-state index < -0.39 is 0 Å². The molecule has 1 aromatic rings. The molecule has 2 rings (SSSR count). The van der Waals surface area contributed by atoms with Crippen LogP contribution < -0.4 is 0 Å². The first-order valence-electron chi connectivity index (χ1n) is 6.11. The highest BCUT2D eigenvalue weighted by atomic mass is 79.9. The molecule has 0 N–H and O–H groups in total. The number of carbonyl (C=O) groups excluding carboxylic acids is 1. The molecule has 1 fully saturated rings. The van der Waals surface area contributed by atoms with Gasteiger partial charge in [0.15, 0.2) is 0 Å². The van der Waals surface area contributed by atoms with Crippen LogP contribution in [0, 0.1) is 5.92 Å². The summed E-state index contributed by atoms with van der Waals surface area (Å²) in [6.45, 7) is 2.42. The number of hydrogen-bond donors (Lipinski definition) is 0. The number of hydrogen-bond acceptors (Lipinski definition) is 3. The highest BCUT2D eigenvalue weighted by Gasteiger charge is 2.19. The number of amides is 1. The summed E-state index contributed by atoms with van der Waals surface area (Å²) < 4.78 is 6.01. The van der Waals surface area contributed by atoms with Gasteiger partial charge in [-0.3, -0.25) is 4.79 Å². The van der Waals surface area contributed by atoms with Crippen molar-refractivity contribution in [1.29, 1.82) is 0 Å². The fourth-order valence-electron chi connectivity index (χ4n) is 2.16. The van der Waals surface area contributed by atoms with Crippen LogP contribution >= 0.6 is 15.9 Å². The van der Waals surface area contributed by atoms with E-state index in [-0.39, 0.29) is 5.91 Å². The molecule has 0 aliphatic carbocycles. The topological polar surface area (TPSA) is 42.4 Å². The zero-order valence-electron chi connectivity index (χ0n) is 10.4. The molecule has 1 saturated heterocycles. The molecule has 1 aliphatic heterocycles. The van der Waals surface area contributed by atoms with Gasteiger partial charge in [0.1, 0.15) is 4.60 Å². The average Bonchev–Trinajstić information content (AvgIpc) is 2.39. The number of ether oxygens (including phenoxy) is 1. The average molecular weight is 313 g/mol. The predicted octanol–water partition coefficient (Wildman–Crippen LogP) is 2.34. The Morgan fingerprint density at radius 2 is 2.28 bits per heavy atom. The third-order valence-corrected chi connectivity index (χ3v) is 3.63. The van der Waals surface area contributed by atoms with E-state index >= 15 is 0 Å². The molecule has 98 valence electrons. The molecule has 0 unspecified atom stereocenters. The Morgan fingerprint density at radius 3 is 2.94 bits per heavy atom. The zero-order valence-corrected chi connectivity index (χ0v) is 12.0. The van der Waals surface area contributed by atoms with Gasteiger partial charge in [-0.05, 0) is 46.8 Å². The van der Waals surface area contributed by atoms with Crippen LogP contribution in [0.3, 0.4) is 0 Å². The highest BCUT2D eigenvalue weighted by molar-refractivity contribution is 9.10. The van der Waals surface area contributed by atoms with Crippen LogP contribution in [-0.2, 0) is 4.74 Å². The van der Waals surface area contributed by atoms with E-state index in [2.05, 4.69) is 20.9 Å². The molecule has 2 heterocycles. The van der Waals surface area contributed by atoms with Gasteiger partial charge in [0, 0.05) is 38.6 Å². The standard InChI is InChI=1S/C13H17BrN2O2/c1-16(9-10-3-6-18-7-4-10)13(17)11-2-5-15-12(14)8-11/h2,5,8,10H,3-4,6-7,9H2,1H3. The molecular weight excluding hydrogens is 296 g/mol. The van der Waals surface area contributed by atoms with Crippen molar-refractivity contribution >= 4 is 21.8 Å². The smallest absolute Gasteiger partial charge is 0.253 e. The van der Waals surface area contributed by atoms with Gasteiger partial charge in [0.25, 0.3) is 5.91 Å². The minimum atomic E-state index is 0.0459. The molecule has 0 aromatic carbocycles. The van der Waals surface area contributed by atoms with E-state index in [1.807, 2.05) is 7.05 Å². The van der Waals surface area contributed by atoms with Crippen molar-refractivity contribution in [2.24, 2.45) is 5.92 Å². The zero-order chi connectivity index (χ0) is 13.0. The van der Waals surface area contributed by atoms with Crippen LogP contribution in [0.5, 0.6) is 0 Å². The van der Waals surface area contributed by atoms with Gasteiger partial charge in [-0.25, -0.2) is 4.98 Å². The highest BCUT2D eigenvalue weighted by Crippen LogP contribution is 2.17. The lowest BCUT2D eigenvalue weighted by atomic mass is 9.99. The fraction of sp³-hybridized carbons (Fsp3) is 0.538. The van der Waals surface area contributed by atoms with E-state index in [1.165, 1.54) is 0 Å². The minimum absolute atomic E-state index is 0.0459. The van der Waals surface area contributed by atoms with Crippen LogP contribution in [0.1, 0.15) is 23.2 Å². The molecule has 0 atom stereocenters. The van der Waals surface area contributed by atoms with E-state index in [9.17, 15) is 4.79 Å². The Balaban J connectivity index is 1.95. The van der Waals surface area contributed by atoms with Crippen molar-refractivity contribution in [3.63, 3.8) is 0 Å². The fourth-order valence-corrected chi connectivity index (χ4v) is 2.52. The van der Waals surface area contributed by atoms with Crippen molar-refractivity contribution in [2.45, 2.75) is 12.8 Å². The first kappa shape index (κ1) is 13.5. The SMILES string of the molecule is CN(CC1CCOCC1)C(=O)c1ccnc(Br)c1. The maximum absolute atomic E-state index is 12.2. The Morgan fingerprint density at radius 1 is 1.56 bits per heavy atom. The van der Waals surface area contributed by atoms with Crippen LogP contribution in [0.4, 0.5) is 0 Å². The molecule has 0 bridgehead atoms. The Hall–Kier alpha value is -0.940. The van der Waals surface area contributed by atoms with Crippen molar-refractivity contribution in [2.75, 3.05) is 26.8 Å². The maximum Gasteiger partial charge on any atom is 0.253 e. The van der Waals surface area contributed by atoms with Crippen molar-refractivity contribution < 1.29 is 9.53 Å². The van der Waals surface area contributed by atoms with Gasteiger partial charge in [-0.1, -0.05) is 0 Å². The largest absolute Gasteiger partial charge is 0.381 e. The number of rotatable bonds is 3. The first-order chi connectivity index (χ1) is 8.66. The lowest BCUT2D eigenvalue weighted by molar-refractivity contribution is 0.0497. The number of halogens is 1. The third-order valence-electron chi connectivity index (χ3n) is 3.19. The molecule has 1 aliphatic rings. The lowest BCUT2D eigenvalue weighted by Crippen LogP contribution is -2.34. The summed E-state index contributed by atoms with van der Waals surface area (Å²) in [5, 5.41) is 0. The van der Waals surface area contributed by atoms with Gasteiger partial charge >= 0.3 is 0 Å². The van der Waals surface area contributed by atoms with Crippen LogP contribution in [-0.4, -0.2) is 42.6 Å². The van der Waals surface area contributed by atoms with Crippen LogP contribution in [0.15, 0.2) is 22.9 Å². The first-order valence-corrected chi connectivity index (χ1v) is 6.91. The van der Waals surface area contributed by atoms with Gasteiger partial charge < -0.3 is 9.64 Å². The molecule has 0 spiro atoms.